The van der Waals surface area contributed by atoms with E-state index in [-0.39, 0.29) is 24.6 Å². The molecule has 4 rings (SSSR count). The van der Waals surface area contributed by atoms with E-state index in [0.29, 0.717) is 46.6 Å². The lowest BCUT2D eigenvalue weighted by molar-refractivity contribution is -0.120. The summed E-state index contributed by atoms with van der Waals surface area (Å²) in [6, 6.07) is 11.3. The van der Waals surface area contributed by atoms with Gasteiger partial charge >= 0.3 is 0 Å². The Hall–Kier alpha value is -3.32. The fraction of sp³-hybridized carbons (Fsp3) is 0.182. The number of carbonyl (C=O) groups is 1. The van der Waals surface area contributed by atoms with Crippen molar-refractivity contribution < 1.29 is 23.4 Å². The summed E-state index contributed by atoms with van der Waals surface area (Å²) >= 11 is 6.20. The summed E-state index contributed by atoms with van der Waals surface area (Å²) in [7, 11) is 0. The molecule has 0 bridgehead atoms. The SMILES string of the molecule is O=C(Cc1cc(Cl)c2c(c1)OCCO2)NCc1ccc(Oc2cccnc2)c(F)c1. The number of pyridine rings is 1. The Balaban J connectivity index is 1.35. The lowest BCUT2D eigenvalue weighted by atomic mass is 10.1. The molecule has 0 saturated heterocycles. The van der Waals surface area contributed by atoms with Crippen LogP contribution >= 0.6 is 11.6 Å². The van der Waals surface area contributed by atoms with Crippen molar-refractivity contribution in [2.45, 2.75) is 13.0 Å². The molecule has 2 aromatic carbocycles. The van der Waals surface area contributed by atoms with Gasteiger partial charge in [-0.1, -0.05) is 17.7 Å². The van der Waals surface area contributed by atoms with Crippen LogP contribution in [0.5, 0.6) is 23.0 Å². The van der Waals surface area contributed by atoms with Crippen LogP contribution in [0, 0.1) is 5.82 Å². The first-order chi connectivity index (χ1) is 14.6. The van der Waals surface area contributed by atoms with E-state index in [0.717, 1.165) is 0 Å². The van der Waals surface area contributed by atoms with Crippen LogP contribution in [0.2, 0.25) is 5.02 Å². The fourth-order valence-electron chi connectivity index (χ4n) is 2.99. The minimum absolute atomic E-state index is 0.0870. The van der Waals surface area contributed by atoms with Crippen molar-refractivity contribution in [3.8, 4) is 23.0 Å². The lowest BCUT2D eigenvalue weighted by Crippen LogP contribution is -2.24. The predicted molar refractivity (Wildman–Crippen MR) is 109 cm³/mol. The highest BCUT2D eigenvalue weighted by Gasteiger charge is 2.17. The van der Waals surface area contributed by atoms with E-state index in [9.17, 15) is 9.18 Å². The van der Waals surface area contributed by atoms with Crippen LogP contribution in [0.4, 0.5) is 4.39 Å². The number of nitrogens with zero attached hydrogens (tertiary/aromatic N) is 1. The molecule has 1 aromatic heterocycles. The number of aromatic nitrogens is 1. The predicted octanol–water partition coefficient (Wildman–Crippen LogP) is 4.30. The smallest absolute Gasteiger partial charge is 0.224 e. The highest BCUT2D eigenvalue weighted by Crippen LogP contribution is 2.38. The number of fused-ring (bicyclic) bond motifs is 1. The maximum atomic E-state index is 14.3. The standard InChI is InChI=1S/C22H18ClFN2O4/c23-17-8-15(10-20-22(17)29-7-6-28-20)11-21(27)26-12-14-3-4-19(18(24)9-14)30-16-2-1-5-25-13-16/h1-5,8-10,13H,6-7,11-12H2,(H,26,27). The Morgan fingerprint density at radius 2 is 2.03 bits per heavy atom. The zero-order chi connectivity index (χ0) is 20.9. The summed E-state index contributed by atoms with van der Waals surface area (Å²) in [5.74, 6) is 0.807. The molecular formula is C22H18ClFN2O4. The van der Waals surface area contributed by atoms with Gasteiger partial charge in [-0.3, -0.25) is 9.78 Å². The summed E-state index contributed by atoms with van der Waals surface area (Å²) in [6.07, 6.45) is 3.21. The van der Waals surface area contributed by atoms with Gasteiger partial charge in [-0.2, -0.15) is 0 Å². The van der Waals surface area contributed by atoms with Crippen LogP contribution < -0.4 is 19.5 Å². The summed E-state index contributed by atoms with van der Waals surface area (Å²) in [4.78, 5) is 16.2. The number of amides is 1. The van der Waals surface area contributed by atoms with E-state index in [1.54, 1.807) is 36.5 Å². The maximum absolute atomic E-state index is 14.3. The highest BCUT2D eigenvalue weighted by molar-refractivity contribution is 6.32. The zero-order valence-electron chi connectivity index (χ0n) is 15.9. The molecule has 0 fully saturated rings. The summed E-state index contributed by atoms with van der Waals surface area (Å²) in [5.41, 5.74) is 1.31. The molecule has 1 aliphatic rings. The third-order valence-electron chi connectivity index (χ3n) is 4.37. The van der Waals surface area contributed by atoms with Gasteiger partial charge in [0.2, 0.25) is 5.91 Å². The van der Waals surface area contributed by atoms with Gasteiger partial charge in [-0.15, -0.1) is 0 Å². The van der Waals surface area contributed by atoms with Crippen molar-refractivity contribution in [1.29, 1.82) is 0 Å². The number of carbonyl (C=O) groups excluding carboxylic acids is 1. The summed E-state index contributed by atoms with van der Waals surface area (Å²) in [6.45, 7) is 1.06. The lowest BCUT2D eigenvalue weighted by Gasteiger charge is -2.20. The van der Waals surface area contributed by atoms with Crippen LogP contribution in [0.15, 0.2) is 54.9 Å². The van der Waals surface area contributed by atoms with E-state index in [2.05, 4.69) is 10.3 Å². The Bertz CT molecular complexity index is 1060. The number of benzene rings is 2. The Morgan fingerprint density at radius 3 is 2.83 bits per heavy atom. The third-order valence-corrected chi connectivity index (χ3v) is 4.65. The molecule has 154 valence electrons. The molecule has 0 saturated carbocycles. The van der Waals surface area contributed by atoms with Crippen LogP contribution in [0.1, 0.15) is 11.1 Å². The van der Waals surface area contributed by atoms with E-state index < -0.39 is 5.82 Å². The van der Waals surface area contributed by atoms with Gasteiger partial charge in [0.15, 0.2) is 23.1 Å². The second kappa shape index (κ2) is 9.00. The van der Waals surface area contributed by atoms with Gasteiger partial charge in [-0.25, -0.2) is 4.39 Å². The van der Waals surface area contributed by atoms with E-state index >= 15 is 0 Å². The number of hydrogen-bond acceptors (Lipinski definition) is 5. The molecule has 8 heteroatoms. The van der Waals surface area contributed by atoms with Crippen molar-refractivity contribution in [1.82, 2.24) is 10.3 Å². The van der Waals surface area contributed by atoms with Gasteiger partial charge in [0.25, 0.3) is 0 Å². The quantitative estimate of drug-likeness (QED) is 0.634. The number of ether oxygens (including phenoxy) is 3. The molecule has 2 heterocycles. The molecule has 0 unspecified atom stereocenters. The van der Waals surface area contributed by atoms with Crippen molar-refractivity contribution in [3.05, 3.63) is 76.8 Å². The van der Waals surface area contributed by atoms with Crippen molar-refractivity contribution in [2.75, 3.05) is 13.2 Å². The van der Waals surface area contributed by atoms with Crippen LogP contribution in [0.3, 0.4) is 0 Å². The number of hydrogen-bond donors (Lipinski definition) is 1. The second-order valence-electron chi connectivity index (χ2n) is 6.61. The van der Waals surface area contributed by atoms with Crippen molar-refractivity contribution in [3.63, 3.8) is 0 Å². The fourth-order valence-corrected chi connectivity index (χ4v) is 3.27. The third kappa shape index (κ3) is 4.80. The molecule has 1 aliphatic heterocycles. The first kappa shape index (κ1) is 20.0. The minimum atomic E-state index is -0.524. The Kier molecular flexibility index (Phi) is 5.99. The molecule has 1 N–H and O–H groups in total. The number of rotatable bonds is 6. The molecular weight excluding hydrogens is 411 g/mol. The van der Waals surface area contributed by atoms with Crippen LogP contribution in [-0.4, -0.2) is 24.1 Å². The molecule has 0 radical (unpaired) electrons. The topological polar surface area (TPSA) is 69.7 Å². The number of halogens is 2. The molecule has 0 atom stereocenters. The van der Waals surface area contributed by atoms with Gasteiger partial charge in [-0.05, 0) is 47.5 Å². The first-order valence-electron chi connectivity index (χ1n) is 9.29. The van der Waals surface area contributed by atoms with E-state index in [1.807, 2.05) is 0 Å². The van der Waals surface area contributed by atoms with Gasteiger partial charge in [0.05, 0.1) is 17.6 Å². The van der Waals surface area contributed by atoms with E-state index in [1.165, 1.54) is 18.3 Å². The molecule has 1 amide bonds. The second-order valence-corrected chi connectivity index (χ2v) is 7.02. The molecule has 0 aliphatic carbocycles. The Morgan fingerprint density at radius 1 is 1.17 bits per heavy atom. The number of nitrogens with one attached hydrogen (secondary N) is 1. The van der Waals surface area contributed by atoms with Crippen molar-refractivity contribution in [2.24, 2.45) is 0 Å². The minimum Gasteiger partial charge on any atom is -0.486 e. The molecule has 0 spiro atoms. The van der Waals surface area contributed by atoms with Crippen molar-refractivity contribution >= 4 is 17.5 Å². The molecule has 6 nitrogen and oxygen atoms in total. The van der Waals surface area contributed by atoms with Gasteiger partial charge in [0.1, 0.15) is 19.0 Å². The average Bonchev–Trinajstić information content (AvgIpc) is 2.75. The molecule has 3 aromatic rings. The Labute approximate surface area is 177 Å². The first-order valence-corrected chi connectivity index (χ1v) is 9.67. The zero-order valence-corrected chi connectivity index (χ0v) is 16.6. The summed E-state index contributed by atoms with van der Waals surface area (Å²) < 4.78 is 30.8. The maximum Gasteiger partial charge on any atom is 0.224 e. The van der Waals surface area contributed by atoms with Gasteiger partial charge < -0.3 is 19.5 Å². The monoisotopic (exact) mass is 428 g/mol. The largest absolute Gasteiger partial charge is 0.486 e. The normalized spacial score (nSPS) is 12.3. The average molecular weight is 429 g/mol. The summed E-state index contributed by atoms with van der Waals surface area (Å²) in [5, 5.41) is 3.18. The van der Waals surface area contributed by atoms with Crippen LogP contribution in [-0.2, 0) is 17.8 Å². The van der Waals surface area contributed by atoms with E-state index in [4.69, 9.17) is 25.8 Å². The van der Waals surface area contributed by atoms with Gasteiger partial charge in [0, 0.05) is 12.7 Å². The van der Waals surface area contributed by atoms with Crippen LogP contribution in [0.25, 0.3) is 0 Å². The highest BCUT2D eigenvalue weighted by atomic mass is 35.5. The molecule has 30 heavy (non-hydrogen) atoms.